The van der Waals surface area contributed by atoms with Crippen molar-refractivity contribution in [1.82, 2.24) is 29.7 Å². The van der Waals surface area contributed by atoms with Gasteiger partial charge in [0.25, 0.3) is 10.1 Å². The Bertz CT molecular complexity index is 1390. The summed E-state index contributed by atoms with van der Waals surface area (Å²) in [6, 6.07) is 5.45. The number of ether oxygens (including phenoxy) is 2. The third kappa shape index (κ3) is 3.75. The van der Waals surface area contributed by atoms with E-state index in [1.807, 2.05) is 18.2 Å². The second kappa shape index (κ2) is 7.40. The molecular weight excluding hydrogens is 446 g/mol. The van der Waals surface area contributed by atoms with Crippen molar-refractivity contribution in [3.05, 3.63) is 30.7 Å². The number of nitrogen functional groups attached to an aromatic ring is 1. The van der Waals surface area contributed by atoms with Gasteiger partial charge in [-0.15, -0.1) is 0 Å². The largest absolute Gasteiger partial charge is 0.454 e. The molecule has 31 heavy (non-hydrogen) atoms. The molecule has 0 atom stereocenters. The first-order chi connectivity index (χ1) is 14.9. The van der Waals surface area contributed by atoms with Crippen molar-refractivity contribution in [2.24, 2.45) is 0 Å². The topological polar surface area (TPSA) is 171 Å². The van der Waals surface area contributed by atoms with Crippen LogP contribution < -0.4 is 15.2 Å². The van der Waals surface area contributed by atoms with Crippen LogP contribution in [0.2, 0.25) is 0 Å². The molecular formula is C17H15N7O5S2. The van der Waals surface area contributed by atoms with E-state index in [0.29, 0.717) is 27.8 Å². The van der Waals surface area contributed by atoms with Gasteiger partial charge < -0.3 is 19.8 Å². The quantitative estimate of drug-likeness (QED) is 0.356. The molecule has 12 nitrogen and oxygen atoms in total. The molecule has 0 unspecified atom stereocenters. The molecule has 0 amide bonds. The van der Waals surface area contributed by atoms with Crippen molar-refractivity contribution < 1.29 is 22.4 Å². The number of benzene rings is 1. The van der Waals surface area contributed by atoms with Gasteiger partial charge in [0, 0.05) is 23.2 Å². The fourth-order valence-corrected chi connectivity index (χ4v) is 4.62. The van der Waals surface area contributed by atoms with E-state index in [2.05, 4.69) is 25.1 Å². The Kier molecular flexibility index (Phi) is 4.68. The van der Waals surface area contributed by atoms with Crippen LogP contribution in [0.4, 0.5) is 5.82 Å². The molecule has 0 radical (unpaired) electrons. The van der Waals surface area contributed by atoms with Crippen LogP contribution in [0.1, 0.15) is 0 Å². The molecule has 1 aromatic carbocycles. The minimum absolute atomic E-state index is 0.0714. The van der Waals surface area contributed by atoms with Crippen molar-refractivity contribution in [2.45, 2.75) is 16.6 Å². The van der Waals surface area contributed by atoms with E-state index in [4.69, 9.17) is 15.2 Å². The van der Waals surface area contributed by atoms with Crippen molar-refractivity contribution in [3.8, 4) is 22.8 Å². The van der Waals surface area contributed by atoms with Crippen LogP contribution in [0.25, 0.3) is 22.4 Å². The van der Waals surface area contributed by atoms with Gasteiger partial charge in [-0.25, -0.2) is 15.0 Å². The Hall–Kier alpha value is -3.36. The number of aryl methyl sites for hydroxylation is 1. The molecule has 4 N–H and O–H groups in total. The SMILES string of the molecule is Nc1ncnc2c1nc(Sc1cc3c(cc1-c1ccn[nH]1)OCO3)n2CCS(=O)(=O)O. The third-order valence-corrected chi connectivity index (χ3v) is 6.32. The standard InChI is InChI=1S/C17H15N7O5S2/c18-15-14-16(20-7-19-15)24(3-4-31(25,26)27)17(22-14)30-13-6-12-11(28-8-29-12)5-9(13)10-1-2-21-23-10/h1-2,5-7H,3-4,8H2,(H,21,23)(H2,18,19,20)(H,25,26,27). The Labute approximate surface area is 179 Å². The lowest BCUT2D eigenvalue weighted by Gasteiger charge is -2.11. The van der Waals surface area contributed by atoms with Crippen LogP contribution >= 0.6 is 11.8 Å². The fourth-order valence-electron chi connectivity index (χ4n) is 3.14. The van der Waals surface area contributed by atoms with Crippen LogP contribution in [0.15, 0.2) is 40.8 Å². The molecule has 5 rings (SSSR count). The van der Waals surface area contributed by atoms with Crippen LogP contribution in [-0.4, -0.2) is 55.2 Å². The molecule has 4 aromatic rings. The predicted molar refractivity (Wildman–Crippen MR) is 110 cm³/mol. The second-order valence-electron chi connectivity index (χ2n) is 6.54. The summed E-state index contributed by atoms with van der Waals surface area (Å²) in [6.45, 7) is 0.0446. The van der Waals surface area contributed by atoms with E-state index >= 15 is 0 Å². The normalized spacial score (nSPS) is 13.2. The van der Waals surface area contributed by atoms with Crippen molar-refractivity contribution in [1.29, 1.82) is 0 Å². The number of nitrogens with zero attached hydrogens (tertiary/aromatic N) is 5. The number of aromatic amines is 1. The summed E-state index contributed by atoms with van der Waals surface area (Å²) in [4.78, 5) is 13.4. The molecule has 4 heterocycles. The first-order valence-corrected chi connectivity index (χ1v) is 11.3. The molecule has 0 bridgehead atoms. The average molecular weight is 461 g/mol. The monoisotopic (exact) mass is 461 g/mol. The summed E-state index contributed by atoms with van der Waals surface area (Å²) in [5, 5.41) is 7.35. The number of aromatic nitrogens is 6. The molecule has 3 aromatic heterocycles. The van der Waals surface area contributed by atoms with Crippen molar-refractivity contribution in [3.63, 3.8) is 0 Å². The average Bonchev–Trinajstić information content (AvgIpc) is 3.45. The first-order valence-electron chi connectivity index (χ1n) is 8.92. The summed E-state index contributed by atoms with van der Waals surface area (Å²) in [7, 11) is -4.20. The maximum absolute atomic E-state index is 11.4. The molecule has 0 spiro atoms. The van der Waals surface area contributed by atoms with Crippen LogP contribution in [-0.2, 0) is 16.7 Å². The van der Waals surface area contributed by atoms with Crippen LogP contribution in [0.3, 0.4) is 0 Å². The molecule has 0 saturated heterocycles. The highest BCUT2D eigenvalue weighted by Gasteiger charge is 2.23. The lowest BCUT2D eigenvalue weighted by Crippen LogP contribution is -2.13. The number of fused-ring (bicyclic) bond motifs is 2. The number of rotatable bonds is 6. The molecule has 0 aliphatic carbocycles. The molecule has 0 saturated carbocycles. The second-order valence-corrected chi connectivity index (χ2v) is 9.12. The van der Waals surface area contributed by atoms with E-state index in [1.54, 1.807) is 10.8 Å². The lowest BCUT2D eigenvalue weighted by atomic mass is 10.1. The predicted octanol–water partition coefficient (Wildman–Crippen LogP) is 1.57. The molecule has 160 valence electrons. The van der Waals surface area contributed by atoms with Crippen molar-refractivity contribution in [2.75, 3.05) is 18.3 Å². The van der Waals surface area contributed by atoms with Gasteiger partial charge in [-0.3, -0.25) is 9.65 Å². The number of hydrogen-bond donors (Lipinski definition) is 3. The van der Waals surface area contributed by atoms with Gasteiger partial charge in [0.1, 0.15) is 6.33 Å². The fraction of sp³-hybridized carbons (Fsp3) is 0.176. The Morgan fingerprint density at radius 1 is 1.26 bits per heavy atom. The van der Waals surface area contributed by atoms with Gasteiger partial charge in [0.15, 0.2) is 33.6 Å². The molecule has 1 aliphatic rings. The zero-order valence-corrected chi connectivity index (χ0v) is 17.4. The van der Waals surface area contributed by atoms with Gasteiger partial charge in [-0.1, -0.05) is 11.8 Å². The van der Waals surface area contributed by atoms with Crippen LogP contribution in [0, 0.1) is 0 Å². The van der Waals surface area contributed by atoms with E-state index in [1.165, 1.54) is 18.1 Å². The highest BCUT2D eigenvalue weighted by molar-refractivity contribution is 7.99. The number of anilines is 1. The van der Waals surface area contributed by atoms with Crippen LogP contribution in [0.5, 0.6) is 11.5 Å². The summed E-state index contributed by atoms with van der Waals surface area (Å²) >= 11 is 1.26. The number of imidazole rings is 1. The number of H-pyrrole nitrogens is 1. The number of nitrogens with two attached hydrogens (primary N) is 1. The van der Waals surface area contributed by atoms with E-state index < -0.39 is 15.9 Å². The Morgan fingerprint density at radius 3 is 2.81 bits per heavy atom. The smallest absolute Gasteiger partial charge is 0.266 e. The highest BCUT2D eigenvalue weighted by Crippen LogP contribution is 2.44. The molecule has 1 aliphatic heterocycles. The number of nitrogens with one attached hydrogen (secondary N) is 1. The van der Waals surface area contributed by atoms with E-state index in [9.17, 15) is 13.0 Å². The Morgan fingerprint density at radius 2 is 2.06 bits per heavy atom. The summed E-state index contributed by atoms with van der Waals surface area (Å²) in [5.74, 6) is 0.830. The minimum Gasteiger partial charge on any atom is -0.454 e. The maximum atomic E-state index is 11.4. The van der Waals surface area contributed by atoms with Gasteiger partial charge >= 0.3 is 0 Å². The molecule has 0 fully saturated rings. The number of hydrogen-bond acceptors (Lipinski definition) is 10. The van der Waals surface area contributed by atoms with Gasteiger partial charge in [0.2, 0.25) is 6.79 Å². The van der Waals surface area contributed by atoms with Gasteiger partial charge in [-0.2, -0.15) is 13.5 Å². The minimum atomic E-state index is -4.20. The first kappa shape index (κ1) is 19.6. The highest BCUT2D eigenvalue weighted by atomic mass is 32.2. The summed E-state index contributed by atoms with van der Waals surface area (Å²) in [5.41, 5.74) is 8.18. The zero-order valence-electron chi connectivity index (χ0n) is 15.7. The summed E-state index contributed by atoms with van der Waals surface area (Å²) in [6.07, 6.45) is 2.90. The van der Waals surface area contributed by atoms with E-state index in [0.717, 1.165) is 16.2 Å². The zero-order chi connectivity index (χ0) is 21.6. The molecule has 14 heteroatoms. The lowest BCUT2D eigenvalue weighted by molar-refractivity contribution is 0.174. The van der Waals surface area contributed by atoms with Crippen molar-refractivity contribution >= 4 is 38.9 Å². The van der Waals surface area contributed by atoms with Gasteiger partial charge in [0.05, 0.1) is 11.4 Å². The third-order valence-electron chi connectivity index (χ3n) is 4.57. The van der Waals surface area contributed by atoms with E-state index in [-0.39, 0.29) is 19.2 Å². The Balaban J connectivity index is 1.63. The maximum Gasteiger partial charge on any atom is 0.266 e. The summed E-state index contributed by atoms with van der Waals surface area (Å²) < 4.78 is 44.5. The van der Waals surface area contributed by atoms with Gasteiger partial charge in [-0.05, 0) is 18.2 Å².